The molecule has 1 aliphatic rings. The van der Waals surface area contributed by atoms with E-state index in [2.05, 4.69) is 21.9 Å². The summed E-state index contributed by atoms with van der Waals surface area (Å²) in [6.07, 6.45) is 0.636. The van der Waals surface area contributed by atoms with Gasteiger partial charge < -0.3 is 9.64 Å². The van der Waals surface area contributed by atoms with Gasteiger partial charge in [0.05, 0.1) is 19.2 Å². The van der Waals surface area contributed by atoms with Gasteiger partial charge in [-0.3, -0.25) is 4.79 Å². The van der Waals surface area contributed by atoms with Crippen LogP contribution in [0.2, 0.25) is 5.02 Å². The van der Waals surface area contributed by atoms with E-state index >= 15 is 0 Å². The monoisotopic (exact) mass is 390 g/mol. The lowest BCUT2D eigenvalue weighted by Crippen LogP contribution is -2.45. The van der Waals surface area contributed by atoms with Crippen molar-refractivity contribution in [3.63, 3.8) is 0 Å². The summed E-state index contributed by atoms with van der Waals surface area (Å²) in [6.45, 7) is 5.31. The fourth-order valence-electron chi connectivity index (χ4n) is 3.08. The maximum absolute atomic E-state index is 12.3. The van der Waals surface area contributed by atoms with Crippen LogP contribution in [0.1, 0.15) is 31.2 Å². The standard InChI is InChI=1S/C18H19ClN4O2S/c1-3-14-8-16(24)23-17(20-14)26-18(21-23)22-9-15(25-10-11(22)2)12-5-4-6-13(19)7-12/h4-8,11,15H,3,9-10H2,1-2H3. The number of nitrogens with zero attached hydrogens (tertiary/aromatic N) is 4. The Hall–Kier alpha value is -1.96. The molecule has 136 valence electrons. The molecule has 0 N–H and O–H groups in total. The molecule has 8 heteroatoms. The highest BCUT2D eigenvalue weighted by molar-refractivity contribution is 7.20. The summed E-state index contributed by atoms with van der Waals surface area (Å²) >= 11 is 7.56. The van der Waals surface area contributed by atoms with Crippen LogP contribution in [0.15, 0.2) is 35.1 Å². The van der Waals surface area contributed by atoms with Crippen LogP contribution in [-0.2, 0) is 11.2 Å². The summed E-state index contributed by atoms with van der Waals surface area (Å²) < 4.78 is 7.39. The van der Waals surface area contributed by atoms with Crippen LogP contribution >= 0.6 is 22.9 Å². The minimum atomic E-state index is -0.137. The molecule has 0 aliphatic carbocycles. The first-order valence-corrected chi connectivity index (χ1v) is 9.78. The molecule has 3 aromatic rings. The van der Waals surface area contributed by atoms with Gasteiger partial charge >= 0.3 is 0 Å². The summed E-state index contributed by atoms with van der Waals surface area (Å²) in [7, 11) is 0. The summed E-state index contributed by atoms with van der Waals surface area (Å²) in [5.41, 5.74) is 1.69. The van der Waals surface area contributed by atoms with Gasteiger partial charge in [0, 0.05) is 16.8 Å². The first-order valence-electron chi connectivity index (χ1n) is 8.58. The first-order chi connectivity index (χ1) is 12.5. The number of halogens is 1. The zero-order chi connectivity index (χ0) is 18.3. The molecular weight excluding hydrogens is 372 g/mol. The molecule has 1 saturated heterocycles. The van der Waals surface area contributed by atoms with Crippen LogP contribution in [-0.4, -0.2) is 33.8 Å². The molecule has 2 unspecified atom stereocenters. The van der Waals surface area contributed by atoms with Gasteiger partial charge in [-0.05, 0) is 31.0 Å². The first kappa shape index (κ1) is 17.5. The van der Waals surface area contributed by atoms with Gasteiger partial charge in [-0.15, -0.1) is 5.10 Å². The Balaban J connectivity index is 1.68. The van der Waals surface area contributed by atoms with Crippen molar-refractivity contribution in [3.8, 4) is 0 Å². The molecule has 1 aromatic carbocycles. The molecule has 0 amide bonds. The average Bonchev–Trinajstić information content (AvgIpc) is 3.06. The molecule has 2 aromatic heterocycles. The van der Waals surface area contributed by atoms with E-state index in [4.69, 9.17) is 16.3 Å². The molecule has 26 heavy (non-hydrogen) atoms. The highest BCUT2D eigenvalue weighted by atomic mass is 35.5. The van der Waals surface area contributed by atoms with E-state index in [9.17, 15) is 4.79 Å². The normalized spacial score (nSPS) is 20.7. The molecule has 0 radical (unpaired) electrons. The van der Waals surface area contributed by atoms with Gasteiger partial charge in [0.25, 0.3) is 5.56 Å². The highest BCUT2D eigenvalue weighted by Gasteiger charge is 2.30. The van der Waals surface area contributed by atoms with Gasteiger partial charge in [0.1, 0.15) is 6.10 Å². The van der Waals surface area contributed by atoms with E-state index < -0.39 is 0 Å². The second kappa shape index (κ2) is 6.98. The Labute approximate surface area is 160 Å². The van der Waals surface area contributed by atoms with E-state index in [0.29, 0.717) is 23.1 Å². The number of morpholine rings is 1. The molecule has 4 rings (SSSR count). The number of rotatable bonds is 3. The minimum absolute atomic E-state index is 0.0900. The van der Waals surface area contributed by atoms with Crippen LogP contribution in [0.4, 0.5) is 5.13 Å². The van der Waals surface area contributed by atoms with E-state index in [1.807, 2.05) is 31.2 Å². The largest absolute Gasteiger partial charge is 0.370 e. The number of aryl methyl sites for hydroxylation is 1. The number of ether oxygens (including phenoxy) is 1. The summed E-state index contributed by atoms with van der Waals surface area (Å²) in [4.78, 5) is 19.6. The number of hydrogen-bond donors (Lipinski definition) is 0. The highest BCUT2D eigenvalue weighted by Crippen LogP contribution is 2.32. The third-order valence-corrected chi connectivity index (χ3v) is 5.73. The van der Waals surface area contributed by atoms with E-state index in [0.717, 1.165) is 22.8 Å². The number of anilines is 1. The Morgan fingerprint density at radius 3 is 3.00 bits per heavy atom. The predicted molar refractivity (Wildman–Crippen MR) is 103 cm³/mol. The SMILES string of the molecule is CCc1cc(=O)n2nc(N3CC(c4cccc(Cl)c4)OCC3C)sc2n1. The molecular formula is C18H19ClN4O2S. The molecule has 0 saturated carbocycles. The van der Waals surface area contributed by atoms with E-state index in [1.165, 1.54) is 15.9 Å². The Bertz CT molecular complexity index is 1000. The number of fused-ring (bicyclic) bond motifs is 1. The van der Waals surface area contributed by atoms with Crippen molar-refractivity contribution >= 4 is 33.0 Å². The van der Waals surface area contributed by atoms with Crippen molar-refractivity contribution in [2.75, 3.05) is 18.1 Å². The van der Waals surface area contributed by atoms with Crippen LogP contribution < -0.4 is 10.5 Å². The Kier molecular flexibility index (Phi) is 4.69. The maximum atomic E-state index is 12.3. The van der Waals surface area contributed by atoms with Gasteiger partial charge in [0.2, 0.25) is 10.1 Å². The van der Waals surface area contributed by atoms with Crippen molar-refractivity contribution in [1.82, 2.24) is 14.6 Å². The zero-order valence-corrected chi connectivity index (χ0v) is 16.1. The van der Waals surface area contributed by atoms with Gasteiger partial charge in [-0.25, -0.2) is 4.98 Å². The summed E-state index contributed by atoms with van der Waals surface area (Å²) in [5, 5.41) is 5.99. The van der Waals surface area contributed by atoms with Gasteiger partial charge in [0.15, 0.2) is 0 Å². The molecule has 3 heterocycles. The third kappa shape index (κ3) is 3.22. The second-order valence-electron chi connectivity index (χ2n) is 6.40. The number of benzene rings is 1. The fraction of sp³-hybridized carbons (Fsp3) is 0.389. The smallest absolute Gasteiger partial charge is 0.275 e. The summed E-state index contributed by atoms with van der Waals surface area (Å²) in [6, 6.07) is 9.43. The van der Waals surface area contributed by atoms with Gasteiger partial charge in [-0.2, -0.15) is 4.52 Å². The number of aromatic nitrogens is 3. The number of hydrogen-bond acceptors (Lipinski definition) is 6. The van der Waals surface area contributed by atoms with Crippen molar-refractivity contribution in [1.29, 1.82) is 0 Å². The molecule has 6 nitrogen and oxygen atoms in total. The zero-order valence-electron chi connectivity index (χ0n) is 14.6. The van der Waals surface area contributed by atoms with E-state index in [1.54, 1.807) is 6.07 Å². The lowest BCUT2D eigenvalue weighted by atomic mass is 10.1. The van der Waals surface area contributed by atoms with Crippen LogP contribution in [0.3, 0.4) is 0 Å². The van der Waals surface area contributed by atoms with E-state index in [-0.39, 0.29) is 17.7 Å². The van der Waals surface area contributed by atoms with Crippen molar-refractivity contribution in [2.45, 2.75) is 32.4 Å². The average molecular weight is 391 g/mol. The van der Waals surface area contributed by atoms with Crippen LogP contribution in [0.5, 0.6) is 0 Å². The molecule has 1 fully saturated rings. The van der Waals surface area contributed by atoms with Crippen molar-refractivity contribution in [3.05, 3.63) is 57.0 Å². The summed E-state index contributed by atoms with van der Waals surface area (Å²) in [5.74, 6) is 0. The lowest BCUT2D eigenvalue weighted by molar-refractivity contribution is 0.0215. The molecule has 1 aliphatic heterocycles. The fourth-order valence-corrected chi connectivity index (χ4v) is 4.31. The minimum Gasteiger partial charge on any atom is -0.370 e. The molecule has 2 atom stereocenters. The van der Waals surface area contributed by atoms with Gasteiger partial charge in [-0.1, -0.05) is 42.0 Å². The lowest BCUT2D eigenvalue weighted by Gasteiger charge is -2.37. The Morgan fingerprint density at radius 2 is 2.23 bits per heavy atom. The quantitative estimate of drug-likeness (QED) is 0.686. The molecule has 0 spiro atoms. The topological polar surface area (TPSA) is 59.7 Å². The predicted octanol–water partition coefficient (Wildman–Crippen LogP) is 3.33. The molecule has 0 bridgehead atoms. The second-order valence-corrected chi connectivity index (χ2v) is 7.77. The maximum Gasteiger partial charge on any atom is 0.275 e. The van der Waals surface area contributed by atoms with Crippen molar-refractivity contribution in [2.24, 2.45) is 0 Å². The Morgan fingerprint density at radius 1 is 1.38 bits per heavy atom. The van der Waals surface area contributed by atoms with Crippen LogP contribution in [0, 0.1) is 0 Å². The van der Waals surface area contributed by atoms with Crippen LogP contribution in [0.25, 0.3) is 4.96 Å². The van der Waals surface area contributed by atoms with Crippen molar-refractivity contribution < 1.29 is 4.74 Å². The third-order valence-electron chi connectivity index (χ3n) is 4.55.